The molecule has 1 aromatic heterocycles. The van der Waals surface area contributed by atoms with Crippen LogP contribution in [0.4, 0.5) is 11.5 Å². The largest absolute Gasteiger partial charge is 0.354 e. The Morgan fingerprint density at radius 3 is 2.47 bits per heavy atom. The third-order valence-corrected chi connectivity index (χ3v) is 5.47. The fourth-order valence-electron chi connectivity index (χ4n) is 3.53. The maximum Gasteiger partial charge on any atom is 0.269 e. The molecule has 4 rings (SSSR count). The predicted molar refractivity (Wildman–Crippen MR) is 113 cm³/mol. The summed E-state index contributed by atoms with van der Waals surface area (Å²) in [6.07, 6.45) is 2.98. The summed E-state index contributed by atoms with van der Waals surface area (Å²) < 4.78 is 0. The highest BCUT2D eigenvalue weighted by molar-refractivity contribution is 5.78. The third kappa shape index (κ3) is 4.91. The van der Waals surface area contributed by atoms with E-state index >= 15 is 0 Å². The van der Waals surface area contributed by atoms with E-state index in [1.807, 2.05) is 13.0 Å². The van der Waals surface area contributed by atoms with E-state index in [1.54, 1.807) is 12.1 Å². The molecule has 1 amide bonds. The zero-order valence-corrected chi connectivity index (χ0v) is 17.1. The van der Waals surface area contributed by atoms with Crippen LogP contribution in [0.5, 0.6) is 0 Å². The molecule has 2 heterocycles. The number of carbonyl (C=O) groups is 1. The van der Waals surface area contributed by atoms with E-state index < -0.39 is 4.92 Å². The summed E-state index contributed by atoms with van der Waals surface area (Å²) in [7, 11) is 0. The van der Waals surface area contributed by atoms with Gasteiger partial charge in [0.15, 0.2) is 5.82 Å². The molecule has 0 radical (unpaired) electrons. The normalized spacial score (nSPS) is 17.0. The van der Waals surface area contributed by atoms with Crippen molar-refractivity contribution < 1.29 is 9.72 Å². The van der Waals surface area contributed by atoms with Gasteiger partial charge in [-0.3, -0.25) is 19.8 Å². The first-order chi connectivity index (χ1) is 14.5. The first-order valence-corrected chi connectivity index (χ1v) is 10.4. The molecule has 1 N–H and O–H groups in total. The van der Waals surface area contributed by atoms with Crippen molar-refractivity contribution in [2.75, 3.05) is 37.6 Å². The van der Waals surface area contributed by atoms with Crippen molar-refractivity contribution in [2.45, 2.75) is 32.2 Å². The van der Waals surface area contributed by atoms with Crippen LogP contribution in [0.3, 0.4) is 0 Å². The lowest BCUT2D eigenvalue weighted by atomic mass is 10.2. The number of nitrogens with zero attached hydrogens (tertiary/aromatic N) is 5. The van der Waals surface area contributed by atoms with Crippen molar-refractivity contribution in [1.82, 2.24) is 20.2 Å². The van der Waals surface area contributed by atoms with Gasteiger partial charge < -0.3 is 10.2 Å². The molecular formula is C21H26N6O3. The number of nitrogens with one attached hydrogen (secondary N) is 1. The number of nitro benzene ring substituents is 1. The molecule has 30 heavy (non-hydrogen) atoms. The van der Waals surface area contributed by atoms with Gasteiger partial charge >= 0.3 is 0 Å². The molecule has 9 heteroatoms. The number of nitro groups is 1. The Hall–Kier alpha value is -3.07. The van der Waals surface area contributed by atoms with E-state index in [4.69, 9.17) is 4.98 Å². The van der Waals surface area contributed by atoms with E-state index in [0.29, 0.717) is 18.4 Å². The Kier molecular flexibility index (Phi) is 5.89. The molecule has 0 bridgehead atoms. The second-order valence-corrected chi connectivity index (χ2v) is 7.80. The van der Waals surface area contributed by atoms with Crippen molar-refractivity contribution in [3.8, 4) is 11.4 Å². The fourth-order valence-corrected chi connectivity index (χ4v) is 3.53. The average molecular weight is 410 g/mol. The van der Waals surface area contributed by atoms with Crippen molar-refractivity contribution in [3.63, 3.8) is 0 Å². The summed E-state index contributed by atoms with van der Waals surface area (Å²) in [6, 6.07) is 8.72. The van der Waals surface area contributed by atoms with Crippen LogP contribution in [0.1, 0.15) is 25.5 Å². The van der Waals surface area contributed by atoms with Crippen LogP contribution >= 0.6 is 0 Å². The maximum absolute atomic E-state index is 12.0. The molecule has 0 spiro atoms. The third-order valence-electron chi connectivity index (χ3n) is 5.47. The fraction of sp³-hybridized carbons (Fsp3) is 0.476. The number of rotatable bonds is 7. The molecule has 0 unspecified atom stereocenters. The lowest BCUT2D eigenvalue weighted by Gasteiger charge is -2.35. The number of carbonyl (C=O) groups excluding carboxylic acids is 1. The summed E-state index contributed by atoms with van der Waals surface area (Å²) >= 11 is 0. The minimum atomic E-state index is -0.414. The molecule has 1 aliphatic heterocycles. The van der Waals surface area contributed by atoms with E-state index in [1.165, 1.54) is 12.1 Å². The van der Waals surface area contributed by atoms with Crippen LogP contribution in [0, 0.1) is 10.1 Å². The summed E-state index contributed by atoms with van der Waals surface area (Å²) in [6.45, 7) is 5.67. The van der Waals surface area contributed by atoms with Gasteiger partial charge in [0.25, 0.3) is 5.69 Å². The molecular weight excluding hydrogens is 384 g/mol. The molecule has 9 nitrogen and oxygen atoms in total. The minimum Gasteiger partial charge on any atom is -0.354 e. The highest BCUT2D eigenvalue weighted by atomic mass is 16.6. The van der Waals surface area contributed by atoms with Crippen molar-refractivity contribution in [2.24, 2.45) is 0 Å². The van der Waals surface area contributed by atoms with Gasteiger partial charge in [-0.2, -0.15) is 0 Å². The second-order valence-electron chi connectivity index (χ2n) is 7.80. The van der Waals surface area contributed by atoms with Gasteiger partial charge in [0, 0.05) is 61.7 Å². The number of aryl methyl sites for hydroxylation is 1. The highest BCUT2D eigenvalue weighted by Gasteiger charge is 2.25. The first-order valence-electron chi connectivity index (χ1n) is 10.4. The Labute approximate surface area is 175 Å². The van der Waals surface area contributed by atoms with Crippen LogP contribution < -0.4 is 10.2 Å². The lowest BCUT2D eigenvalue weighted by Crippen LogP contribution is -2.50. The molecule has 1 saturated heterocycles. The van der Waals surface area contributed by atoms with Gasteiger partial charge in [-0.15, -0.1) is 0 Å². The van der Waals surface area contributed by atoms with Crippen LogP contribution in [0.15, 0.2) is 30.3 Å². The molecule has 1 saturated carbocycles. The van der Waals surface area contributed by atoms with Crippen LogP contribution in [0.2, 0.25) is 0 Å². The van der Waals surface area contributed by atoms with Gasteiger partial charge in [0.05, 0.1) is 11.5 Å². The molecule has 1 aliphatic carbocycles. The molecule has 0 atom stereocenters. The van der Waals surface area contributed by atoms with E-state index in [-0.39, 0.29) is 11.6 Å². The minimum absolute atomic E-state index is 0.0486. The number of hydrogen-bond acceptors (Lipinski definition) is 7. The first kappa shape index (κ1) is 20.2. The van der Waals surface area contributed by atoms with Crippen molar-refractivity contribution in [1.29, 1.82) is 0 Å². The van der Waals surface area contributed by atoms with Crippen LogP contribution in [-0.2, 0) is 11.2 Å². The molecule has 2 aromatic rings. The monoisotopic (exact) mass is 410 g/mol. The Morgan fingerprint density at radius 2 is 1.87 bits per heavy atom. The summed E-state index contributed by atoms with van der Waals surface area (Å²) in [5.41, 5.74) is 1.74. The van der Waals surface area contributed by atoms with Gasteiger partial charge in [-0.25, -0.2) is 9.97 Å². The Bertz CT molecular complexity index is 921. The van der Waals surface area contributed by atoms with Gasteiger partial charge in [-0.05, 0) is 31.4 Å². The van der Waals surface area contributed by atoms with E-state index in [2.05, 4.69) is 20.1 Å². The number of amides is 1. The van der Waals surface area contributed by atoms with Gasteiger partial charge in [0.1, 0.15) is 5.82 Å². The van der Waals surface area contributed by atoms with Gasteiger partial charge in [-0.1, -0.05) is 6.92 Å². The smallest absolute Gasteiger partial charge is 0.269 e. The van der Waals surface area contributed by atoms with Crippen molar-refractivity contribution >= 4 is 17.4 Å². The molecule has 2 aliphatic rings. The predicted octanol–water partition coefficient (Wildman–Crippen LogP) is 2.01. The Morgan fingerprint density at radius 1 is 1.17 bits per heavy atom. The zero-order chi connectivity index (χ0) is 21.1. The second kappa shape index (κ2) is 8.74. The topological polar surface area (TPSA) is 104 Å². The quantitative estimate of drug-likeness (QED) is 0.550. The summed E-state index contributed by atoms with van der Waals surface area (Å²) in [5.74, 6) is 1.55. The SMILES string of the molecule is CCc1cc(N2CCN(CC(=O)NC3CC3)CC2)nc(-c2ccc([N+](=O)[O-])cc2)n1. The number of non-ortho nitro benzene ring substituents is 1. The van der Waals surface area contributed by atoms with Crippen molar-refractivity contribution in [3.05, 3.63) is 46.1 Å². The van der Waals surface area contributed by atoms with Crippen LogP contribution in [-0.4, -0.2) is 64.5 Å². The number of hydrogen-bond donors (Lipinski definition) is 1. The molecule has 1 aromatic carbocycles. The molecule has 158 valence electrons. The maximum atomic E-state index is 12.0. The number of benzene rings is 1. The van der Waals surface area contributed by atoms with Gasteiger partial charge in [0.2, 0.25) is 5.91 Å². The average Bonchev–Trinajstić information content (AvgIpc) is 3.57. The number of aromatic nitrogens is 2. The number of piperazine rings is 1. The standard InChI is InChI=1S/C21H26N6O3/c1-2-16-13-19(24-21(23-16)15-3-7-18(8-4-15)27(29)30)26-11-9-25(10-12-26)14-20(28)22-17-5-6-17/h3-4,7-8,13,17H,2,5-6,9-12,14H2,1H3,(H,22,28). The lowest BCUT2D eigenvalue weighted by molar-refractivity contribution is -0.384. The summed E-state index contributed by atoms with van der Waals surface area (Å²) in [4.78, 5) is 36.2. The highest BCUT2D eigenvalue weighted by Crippen LogP contribution is 2.24. The van der Waals surface area contributed by atoms with E-state index in [9.17, 15) is 14.9 Å². The van der Waals surface area contributed by atoms with Crippen LogP contribution in [0.25, 0.3) is 11.4 Å². The Balaban J connectivity index is 1.44. The summed E-state index contributed by atoms with van der Waals surface area (Å²) in [5, 5.41) is 13.9. The number of anilines is 1. The van der Waals surface area contributed by atoms with E-state index in [0.717, 1.165) is 62.5 Å². The zero-order valence-electron chi connectivity index (χ0n) is 17.1. The molecule has 2 fully saturated rings.